The molecular formula is C10H12ClN3O3. The van der Waals surface area contributed by atoms with Crippen LogP contribution in [0.1, 0.15) is 12.8 Å². The van der Waals surface area contributed by atoms with Crippen molar-refractivity contribution in [1.82, 2.24) is 14.9 Å². The molecule has 1 aliphatic heterocycles. The van der Waals surface area contributed by atoms with Gasteiger partial charge in [-0.05, 0) is 11.6 Å². The smallest absolute Gasteiger partial charge is 0.407 e. The largest absolute Gasteiger partial charge is 0.474 e. The Balaban J connectivity index is 1.88. The number of aromatic nitrogens is 2. The molecule has 92 valence electrons. The van der Waals surface area contributed by atoms with Crippen molar-refractivity contribution < 1.29 is 14.6 Å². The van der Waals surface area contributed by atoms with E-state index in [1.54, 1.807) is 6.07 Å². The van der Waals surface area contributed by atoms with E-state index >= 15 is 0 Å². The Morgan fingerprint density at radius 2 is 2.24 bits per heavy atom. The molecule has 0 aliphatic carbocycles. The molecule has 0 saturated carbocycles. The summed E-state index contributed by atoms with van der Waals surface area (Å²) in [5, 5.41) is 8.94. The van der Waals surface area contributed by atoms with E-state index < -0.39 is 6.09 Å². The fourth-order valence-corrected chi connectivity index (χ4v) is 1.86. The van der Waals surface area contributed by atoms with Crippen LogP contribution in [0.4, 0.5) is 4.79 Å². The van der Waals surface area contributed by atoms with Gasteiger partial charge in [0.2, 0.25) is 11.2 Å². The SMILES string of the molecule is O=C(O)N1CCC(Oc2ccnc(Cl)n2)CC1. The van der Waals surface area contributed by atoms with Crippen LogP contribution in [-0.2, 0) is 0 Å². The molecule has 0 aromatic carbocycles. The lowest BCUT2D eigenvalue weighted by molar-refractivity contribution is 0.0870. The minimum Gasteiger partial charge on any atom is -0.474 e. The van der Waals surface area contributed by atoms with Crippen molar-refractivity contribution in [2.75, 3.05) is 13.1 Å². The number of carbonyl (C=O) groups is 1. The summed E-state index contributed by atoms with van der Waals surface area (Å²) in [5.41, 5.74) is 0. The molecule has 0 radical (unpaired) electrons. The van der Waals surface area contributed by atoms with Gasteiger partial charge in [-0.2, -0.15) is 4.98 Å². The summed E-state index contributed by atoms with van der Waals surface area (Å²) in [6, 6.07) is 1.63. The minimum absolute atomic E-state index is 0.0171. The fourth-order valence-electron chi connectivity index (χ4n) is 1.72. The summed E-state index contributed by atoms with van der Waals surface area (Å²) in [5.74, 6) is 0.429. The Kier molecular flexibility index (Phi) is 3.63. The number of likely N-dealkylation sites (tertiary alicyclic amines) is 1. The van der Waals surface area contributed by atoms with Gasteiger partial charge in [-0.15, -0.1) is 0 Å². The van der Waals surface area contributed by atoms with Gasteiger partial charge in [0.25, 0.3) is 0 Å². The summed E-state index contributed by atoms with van der Waals surface area (Å²) in [7, 11) is 0. The van der Waals surface area contributed by atoms with Crippen LogP contribution in [0.15, 0.2) is 12.3 Å². The number of amides is 1. The van der Waals surface area contributed by atoms with Gasteiger partial charge in [0.05, 0.1) is 0 Å². The number of carboxylic acid groups (broad SMARTS) is 1. The summed E-state index contributed by atoms with van der Waals surface area (Å²) in [6.45, 7) is 0.970. The predicted molar refractivity (Wildman–Crippen MR) is 60.3 cm³/mol. The van der Waals surface area contributed by atoms with E-state index in [2.05, 4.69) is 9.97 Å². The van der Waals surface area contributed by atoms with Crippen LogP contribution in [0.25, 0.3) is 0 Å². The highest BCUT2D eigenvalue weighted by Crippen LogP contribution is 2.17. The molecule has 1 saturated heterocycles. The lowest BCUT2D eigenvalue weighted by atomic mass is 10.1. The lowest BCUT2D eigenvalue weighted by Gasteiger charge is -2.29. The number of nitrogens with zero attached hydrogens (tertiary/aromatic N) is 3. The normalized spacial score (nSPS) is 16.9. The molecule has 2 rings (SSSR count). The van der Waals surface area contributed by atoms with Gasteiger partial charge in [0.1, 0.15) is 6.10 Å². The monoisotopic (exact) mass is 257 g/mol. The first-order valence-corrected chi connectivity index (χ1v) is 5.66. The standard InChI is InChI=1S/C10H12ClN3O3/c11-9-12-4-1-8(13-9)17-7-2-5-14(6-3-7)10(15)16/h1,4,7H,2-3,5-6H2,(H,15,16). The molecule has 1 fully saturated rings. The van der Waals surface area contributed by atoms with Crippen molar-refractivity contribution >= 4 is 17.7 Å². The van der Waals surface area contributed by atoms with Crippen LogP contribution >= 0.6 is 11.6 Å². The van der Waals surface area contributed by atoms with Crippen LogP contribution in [0, 0.1) is 0 Å². The summed E-state index contributed by atoms with van der Waals surface area (Å²) >= 11 is 5.64. The maximum Gasteiger partial charge on any atom is 0.407 e. The molecule has 1 N–H and O–H groups in total. The number of hydrogen-bond acceptors (Lipinski definition) is 4. The number of rotatable bonds is 2. The zero-order valence-electron chi connectivity index (χ0n) is 9.04. The van der Waals surface area contributed by atoms with Crippen LogP contribution in [-0.4, -0.2) is 45.3 Å². The summed E-state index contributed by atoms with van der Waals surface area (Å²) in [4.78, 5) is 19.8. The lowest BCUT2D eigenvalue weighted by Crippen LogP contribution is -2.41. The quantitative estimate of drug-likeness (QED) is 0.816. The van der Waals surface area contributed by atoms with Gasteiger partial charge in [0, 0.05) is 38.2 Å². The topological polar surface area (TPSA) is 75.5 Å². The van der Waals surface area contributed by atoms with Crippen LogP contribution in [0.2, 0.25) is 5.28 Å². The summed E-state index contributed by atoms with van der Waals surface area (Å²) < 4.78 is 5.61. The van der Waals surface area contributed by atoms with E-state index in [0.717, 1.165) is 0 Å². The number of halogens is 1. The third-order valence-corrected chi connectivity index (χ3v) is 2.78. The highest BCUT2D eigenvalue weighted by molar-refractivity contribution is 6.28. The molecule has 0 atom stereocenters. The third-order valence-electron chi connectivity index (χ3n) is 2.60. The first-order valence-electron chi connectivity index (χ1n) is 5.28. The van der Waals surface area contributed by atoms with E-state index in [-0.39, 0.29) is 11.4 Å². The maximum atomic E-state index is 10.7. The zero-order valence-corrected chi connectivity index (χ0v) is 9.80. The maximum absolute atomic E-state index is 10.7. The molecule has 1 aromatic rings. The molecule has 1 aromatic heterocycles. The summed E-state index contributed by atoms with van der Waals surface area (Å²) in [6.07, 6.45) is 1.95. The molecule has 1 amide bonds. The Morgan fingerprint density at radius 3 is 2.82 bits per heavy atom. The predicted octanol–water partition coefficient (Wildman–Crippen LogP) is 1.65. The highest BCUT2D eigenvalue weighted by atomic mass is 35.5. The number of ether oxygens (including phenoxy) is 1. The van der Waals surface area contributed by atoms with Crippen molar-refractivity contribution in [3.05, 3.63) is 17.5 Å². The van der Waals surface area contributed by atoms with Gasteiger partial charge in [-0.25, -0.2) is 9.78 Å². The molecule has 0 unspecified atom stereocenters. The van der Waals surface area contributed by atoms with Crippen LogP contribution < -0.4 is 4.74 Å². The third kappa shape index (κ3) is 3.20. The van der Waals surface area contributed by atoms with Crippen molar-refractivity contribution in [1.29, 1.82) is 0 Å². The molecular weight excluding hydrogens is 246 g/mol. The first kappa shape index (κ1) is 11.9. The van der Waals surface area contributed by atoms with E-state index in [4.69, 9.17) is 21.4 Å². The Hall–Kier alpha value is -1.56. The van der Waals surface area contributed by atoms with Crippen molar-refractivity contribution in [3.63, 3.8) is 0 Å². The average Bonchev–Trinajstić information content (AvgIpc) is 2.29. The molecule has 6 nitrogen and oxygen atoms in total. The molecule has 0 bridgehead atoms. The Morgan fingerprint density at radius 1 is 1.53 bits per heavy atom. The molecule has 0 spiro atoms. The van der Waals surface area contributed by atoms with Crippen molar-refractivity contribution in [2.24, 2.45) is 0 Å². The molecule has 17 heavy (non-hydrogen) atoms. The number of hydrogen-bond donors (Lipinski definition) is 1. The van der Waals surface area contributed by atoms with Gasteiger partial charge in [-0.1, -0.05) is 0 Å². The Bertz CT molecular complexity index is 408. The first-order chi connectivity index (χ1) is 8.15. The second-order valence-electron chi connectivity index (χ2n) is 3.75. The molecule has 2 heterocycles. The minimum atomic E-state index is -0.881. The molecule has 7 heteroatoms. The Labute approximate surface area is 103 Å². The van der Waals surface area contributed by atoms with Gasteiger partial charge in [0.15, 0.2) is 0 Å². The van der Waals surface area contributed by atoms with Crippen LogP contribution in [0.3, 0.4) is 0 Å². The van der Waals surface area contributed by atoms with Gasteiger partial charge >= 0.3 is 6.09 Å². The van der Waals surface area contributed by atoms with E-state index in [9.17, 15) is 4.79 Å². The van der Waals surface area contributed by atoms with E-state index in [1.165, 1.54) is 11.1 Å². The zero-order chi connectivity index (χ0) is 12.3. The van der Waals surface area contributed by atoms with Crippen LogP contribution in [0.5, 0.6) is 5.88 Å². The molecule has 1 aliphatic rings. The average molecular weight is 258 g/mol. The van der Waals surface area contributed by atoms with Crippen molar-refractivity contribution in [3.8, 4) is 5.88 Å². The number of piperidine rings is 1. The second-order valence-corrected chi connectivity index (χ2v) is 4.09. The van der Waals surface area contributed by atoms with Crippen molar-refractivity contribution in [2.45, 2.75) is 18.9 Å². The highest BCUT2D eigenvalue weighted by Gasteiger charge is 2.23. The fraction of sp³-hybridized carbons (Fsp3) is 0.500. The van der Waals surface area contributed by atoms with Gasteiger partial charge < -0.3 is 14.7 Å². The second kappa shape index (κ2) is 5.18. The van der Waals surface area contributed by atoms with Gasteiger partial charge in [-0.3, -0.25) is 0 Å². The van der Waals surface area contributed by atoms with E-state index in [0.29, 0.717) is 31.8 Å². The van der Waals surface area contributed by atoms with E-state index in [1.807, 2.05) is 0 Å².